The molecule has 0 N–H and O–H groups in total. The van der Waals surface area contributed by atoms with Gasteiger partial charge in [0.05, 0.1) is 4.90 Å². The highest BCUT2D eigenvalue weighted by molar-refractivity contribution is 7.90. The highest BCUT2D eigenvalue weighted by Crippen LogP contribution is 2.49. The fourth-order valence-electron chi connectivity index (χ4n) is 3.37. The van der Waals surface area contributed by atoms with Crippen molar-refractivity contribution in [3.63, 3.8) is 0 Å². The first-order valence-electron chi connectivity index (χ1n) is 7.94. The van der Waals surface area contributed by atoms with E-state index >= 15 is 0 Å². The van der Waals surface area contributed by atoms with Crippen molar-refractivity contribution in [2.75, 3.05) is 6.26 Å². The molecule has 24 heavy (non-hydrogen) atoms. The largest absolute Gasteiger partial charge is 0.224 e. The number of benzene rings is 2. The van der Waals surface area contributed by atoms with Crippen LogP contribution in [0.4, 0.5) is 0 Å². The Morgan fingerprint density at radius 3 is 2.04 bits per heavy atom. The summed E-state index contributed by atoms with van der Waals surface area (Å²) in [5.74, 6) is 0. The van der Waals surface area contributed by atoms with E-state index in [1.54, 1.807) is 12.1 Å². The van der Waals surface area contributed by atoms with Gasteiger partial charge in [0.15, 0.2) is 9.84 Å². The molecule has 2 aromatic carbocycles. The van der Waals surface area contributed by atoms with Gasteiger partial charge in [-0.05, 0) is 64.8 Å². The van der Waals surface area contributed by atoms with Gasteiger partial charge in [-0.2, -0.15) is 0 Å². The van der Waals surface area contributed by atoms with Gasteiger partial charge in [0.2, 0.25) is 0 Å². The minimum Gasteiger partial charge on any atom is -0.224 e. The first-order chi connectivity index (χ1) is 11.2. The number of halogens is 1. The van der Waals surface area contributed by atoms with Gasteiger partial charge in [0, 0.05) is 11.3 Å². The van der Waals surface area contributed by atoms with Gasteiger partial charge in [0.1, 0.15) is 0 Å². The van der Waals surface area contributed by atoms with Gasteiger partial charge < -0.3 is 0 Å². The van der Waals surface area contributed by atoms with E-state index in [2.05, 4.69) is 19.9 Å². The number of allylic oxidation sites excluding steroid dienone is 2. The molecule has 0 fully saturated rings. The van der Waals surface area contributed by atoms with E-state index in [1.165, 1.54) is 17.4 Å². The zero-order chi connectivity index (χ0) is 17.5. The van der Waals surface area contributed by atoms with Crippen LogP contribution in [0.5, 0.6) is 0 Å². The lowest BCUT2D eigenvalue weighted by molar-refractivity contribution is 0.406. The lowest BCUT2D eigenvalue weighted by Gasteiger charge is -2.17. The highest BCUT2D eigenvalue weighted by Gasteiger charge is 2.31. The molecule has 0 aromatic heterocycles. The molecule has 2 aromatic rings. The van der Waals surface area contributed by atoms with Crippen LogP contribution in [0.15, 0.2) is 53.4 Å². The number of sulfone groups is 1. The standard InChI is InChI=1S/C20H21ClO2S/c1-20(2)12-18(14-7-9-17(10-8-14)24(3,22)23)19(13-20)15-5-4-6-16(21)11-15/h4-11H,12-13H2,1-3H3. The van der Waals surface area contributed by atoms with Gasteiger partial charge >= 0.3 is 0 Å². The molecule has 0 aliphatic heterocycles. The van der Waals surface area contributed by atoms with Crippen molar-refractivity contribution in [3.8, 4) is 0 Å². The van der Waals surface area contributed by atoms with Crippen molar-refractivity contribution in [3.05, 3.63) is 64.7 Å². The third-order valence-corrected chi connectivity index (χ3v) is 5.84. The van der Waals surface area contributed by atoms with Gasteiger partial charge in [-0.15, -0.1) is 0 Å². The lowest BCUT2D eigenvalue weighted by atomic mass is 9.87. The second-order valence-corrected chi connectivity index (χ2v) is 9.73. The zero-order valence-corrected chi connectivity index (χ0v) is 15.7. The Hall–Kier alpha value is -1.58. The predicted octanol–water partition coefficient (Wildman–Crippen LogP) is 5.47. The Bertz CT molecular complexity index is 907. The average Bonchev–Trinajstić information content (AvgIpc) is 2.82. The summed E-state index contributed by atoms with van der Waals surface area (Å²) in [7, 11) is -3.17. The summed E-state index contributed by atoms with van der Waals surface area (Å²) in [6.45, 7) is 4.52. The maximum absolute atomic E-state index is 11.7. The molecule has 0 saturated carbocycles. The third kappa shape index (κ3) is 3.57. The topological polar surface area (TPSA) is 34.1 Å². The summed E-state index contributed by atoms with van der Waals surface area (Å²) in [5.41, 5.74) is 5.00. The molecule has 1 aliphatic rings. The Morgan fingerprint density at radius 2 is 1.50 bits per heavy atom. The number of hydrogen-bond acceptors (Lipinski definition) is 2. The van der Waals surface area contributed by atoms with Crippen molar-refractivity contribution < 1.29 is 8.42 Å². The summed E-state index contributed by atoms with van der Waals surface area (Å²) in [6, 6.07) is 15.2. The van der Waals surface area contributed by atoms with E-state index in [-0.39, 0.29) is 5.41 Å². The molecule has 0 heterocycles. The van der Waals surface area contributed by atoms with Gasteiger partial charge in [-0.25, -0.2) is 8.42 Å². The smallest absolute Gasteiger partial charge is 0.175 e. The van der Waals surface area contributed by atoms with E-state index in [1.807, 2.05) is 30.3 Å². The molecular formula is C20H21ClO2S. The summed E-state index contributed by atoms with van der Waals surface area (Å²) >= 11 is 6.17. The Morgan fingerprint density at radius 1 is 0.917 bits per heavy atom. The highest BCUT2D eigenvalue weighted by atomic mass is 35.5. The van der Waals surface area contributed by atoms with Crippen LogP contribution in [0.3, 0.4) is 0 Å². The van der Waals surface area contributed by atoms with E-state index in [0.29, 0.717) is 4.90 Å². The van der Waals surface area contributed by atoms with Crippen molar-refractivity contribution in [1.29, 1.82) is 0 Å². The summed E-state index contributed by atoms with van der Waals surface area (Å²) in [6.07, 6.45) is 3.18. The molecule has 0 bridgehead atoms. The third-order valence-electron chi connectivity index (χ3n) is 4.48. The Labute approximate surface area is 149 Å². The number of rotatable bonds is 3. The lowest BCUT2D eigenvalue weighted by Crippen LogP contribution is -2.05. The van der Waals surface area contributed by atoms with Crippen LogP contribution in [-0.2, 0) is 9.84 Å². The SMILES string of the molecule is CC1(C)CC(c2ccc(S(C)(=O)=O)cc2)=C(c2cccc(Cl)c2)C1. The molecule has 0 saturated heterocycles. The average molecular weight is 361 g/mol. The molecule has 0 amide bonds. The fourth-order valence-corrected chi connectivity index (χ4v) is 4.19. The van der Waals surface area contributed by atoms with Crippen LogP contribution in [0.25, 0.3) is 11.1 Å². The van der Waals surface area contributed by atoms with E-state index in [4.69, 9.17) is 11.6 Å². The van der Waals surface area contributed by atoms with Crippen molar-refractivity contribution in [1.82, 2.24) is 0 Å². The minimum atomic E-state index is -3.17. The van der Waals surface area contributed by atoms with Crippen LogP contribution < -0.4 is 0 Å². The van der Waals surface area contributed by atoms with E-state index < -0.39 is 9.84 Å². The maximum atomic E-state index is 11.7. The van der Waals surface area contributed by atoms with E-state index in [0.717, 1.165) is 29.0 Å². The molecule has 2 nitrogen and oxygen atoms in total. The van der Waals surface area contributed by atoms with Crippen LogP contribution in [0.2, 0.25) is 5.02 Å². The first-order valence-corrected chi connectivity index (χ1v) is 10.2. The fraction of sp³-hybridized carbons (Fsp3) is 0.300. The first kappa shape index (κ1) is 17.2. The van der Waals surface area contributed by atoms with Crippen LogP contribution in [0, 0.1) is 5.41 Å². The molecule has 1 aliphatic carbocycles. The molecule has 126 valence electrons. The second kappa shape index (κ2) is 6.05. The Balaban J connectivity index is 2.09. The molecule has 0 atom stereocenters. The predicted molar refractivity (Wildman–Crippen MR) is 101 cm³/mol. The van der Waals surface area contributed by atoms with Crippen molar-refractivity contribution >= 4 is 32.6 Å². The van der Waals surface area contributed by atoms with Crippen LogP contribution in [0.1, 0.15) is 37.8 Å². The van der Waals surface area contributed by atoms with Gasteiger partial charge in [-0.3, -0.25) is 0 Å². The molecular weight excluding hydrogens is 340 g/mol. The molecule has 3 rings (SSSR count). The van der Waals surface area contributed by atoms with Crippen LogP contribution in [-0.4, -0.2) is 14.7 Å². The quantitative estimate of drug-likeness (QED) is 0.726. The molecule has 0 radical (unpaired) electrons. The van der Waals surface area contributed by atoms with Crippen molar-refractivity contribution in [2.45, 2.75) is 31.6 Å². The normalized spacial score (nSPS) is 17.3. The molecule has 4 heteroatoms. The summed E-state index contributed by atoms with van der Waals surface area (Å²) < 4.78 is 23.3. The second-order valence-electron chi connectivity index (χ2n) is 7.28. The van der Waals surface area contributed by atoms with Gasteiger partial charge in [0.25, 0.3) is 0 Å². The monoisotopic (exact) mass is 360 g/mol. The maximum Gasteiger partial charge on any atom is 0.175 e. The number of hydrogen-bond donors (Lipinski definition) is 0. The zero-order valence-electron chi connectivity index (χ0n) is 14.1. The Kier molecular flexibility index (Phi) is 4.35. The molecule has 0 unspecified atom stereocenters. The summed E-state index contributed by atoms with van der Waals surface area (Å²) in [4.78, 5) is 0.355. The minimum absolute atomic E-state index is 0.183. The summed E-state index contributed by atoms with van der Waals surface area (Å²) in [5, 5.41) is 0.733. The molecule has 0 spiro atoms. The van der Waals surface area contributed by atoms with Crippen molar-refractivity contribution in [2.24, 2.45) is 5.41 Å². The van der Waals surface area contributed by atoms with Gasteiger partial charge in [-0.1, -0.05) is 49.7 Å². The van der Waals surface area contributed by atoms with E-state index in [9.17, 15) is 8.42 Å². The van der Waals surface area contributed by atoms with Crippen LogP contribution >= 0.6 is 11.6 Å².